The molecule has 3 fully saturated rings. The first-order chi connectivity index (χ1) is 17.7. The molecule has 1 saturated heterocycles. The normalized spacial score (nSPS) is 23.6. The van der Waals surface area contributed by atoms with Crippen molar-refractivity contribution in [2.24, 2.45) is 11.8 Å². The molecular weight excluding hydrogens is 472 g/mol. The molecule has 2 saturated carbocycles. The number of carbonyl (C=O) groups is 1. The van der Waals surface area contributed by atoms with E-state index in [0.717, 1.165) is 85.4 Å². The van der Waals surface area contributed by atoms with Gasteiger partial charge in [0.25, 0.3) is 0 Å². The first-order valence-corrected chi connectivity index (χ1v) is 14.4. The molecule has 3 heterocycles. The minimum absolute atomic E-state index is 0.0431. The Hall–Kier alpha value is -2.45. The number of fused-ring (bicyclic) bond motifs is 1. The summed E-state index contributed by atoms with van der Waals surface area (Å²) in [5.74, 6) is 1.20. The number of esters is 1. The van der Waals surface area contributed by atoms with Crippen LogP contribution >= 0.6 is 11.3 Å². The molecule has 2 aliphatic carbocycles. The fraction of sp³-hybridized carbons (Fsp3) is 0.607. The van der Waals surface area contributed by atoms with Gasteiger partial charge in [-0.05, 0) is 69.4 Å². The molecule has 3 aliphatic rings. The van der Waals surface area contributed by atoms with Crippen molar-refractivity contribution >= 4 is 28.0 Å². The molecule has 6 rings (SSSR count). The maximum Gasteiger partial charge on any atom is 0.308 e. The number of hydrogen-bond donors (Lipinski definition) is 0. The zero-order chi connectivity index (χ0) is 24.5. The summed E-state index contributed by atoms with van der Waals surface area (Å²) in [5.41, 5.74) is 3.36. The summed E-state index contributed by atoms with van der Waals surface area (Å²) in [4.78, 5) is 20.1. The van der Waals surface area contributed by atoms with Crippen LogP contribution in [0.1, 0.15) is 68.7 Å². The molecule has 0 N–H and O–H groups in total. The highest BCUT2D eigenvalue weighted by Gasteiger charge is 2.30. The Bertz CT molecular complexity index is 1140. The molecular formula is C28H36N4O3S. The van der Waals surface area contributed by atoms with E-state index in [9.17, 15) is 4.79 Å². The summed E-state index contributed by atoms with van der Waals surface area (Å²) in [5, 5.41) is 5.97. The third-order valence-corrected chi connectivity index (χ3v) is 9.52. The van der Waals surface area contributed by atoms with Gasteiger partial charge in [0.1, 0.15) is 5.01 Å². The highest BCUT2D eigenvalue weighted by Crippen LogP contribution is 2.38. The Kier molecular flexibility index (Phi) is 6.98. The maximum absolute atomic E-state index is 11.8. The second-order valence-corrected chi connectivity index (χ2v) is 11.7. The number of piperidine rings is 1. The van der Waals surface area contributed by atoms with Crippen LogP contribution in [0.3, 0.4) is 0 Å². The highest BCUT2D eigenvalue weighted by atomic mass is 32.1. The molecule has 0 unspecified atom stereocenters. The minimum Gasteiger partial charge on any atom is -0.469 e. The van der Waals surface area contributed by atoms with Gasteiger partial charge in [0, 0.05) is 36.9 Å². The number of carbonyl (C=O) groups excluding carboxylic acids is 1. The topological polar surface area (TPSA) is 69.0 Å². The van der Waals surface area contributed by atoms with Gasteiger partial charge in [-0.15, -0.1) is 0 Å². The van der Waals surface area contributed by atoms with E-state index in [2.05, 4.69) is 29.2 Å². The van der Waals surface area contributed by atoms with Crippen LogP contribution in [0.4, 0.5) is 5.69 Å². The maximum atomic E-state index is 11.8. The number of ether oxygens (including phenoxy) is 2. The molecule has 0 radical (unpaired) electrons. The van der Waals surface area contributed by atoms with Crippen LogP contribution < -0.4 is 4.90 Å². The number of rotatable bonds is 7. The van der Waals surface area contributed by atoms with Crippen molar-refractivity contribution < 1.29 is 14.3 Å². The monoisotopic (exact) mass is 508 g/mol. The fourth-order valence-electron chi connectivity index (χ4n) is 5.82. The Balaban J connectivity index is 1.04. The van der Waals surface area contributed by atoms with Gasteiger partial charge < -0.3 is 14.4 Å². The fourth-order valence-corrected chi connectivity index (χ4v) is 6.87. The quantitative estimate of drug-likeness (QED) is 0.382. The van der Waals surface area contributed by atoms with Gasteiger partial charge in [-0.1, -0.05) is 29.9 Å². The second-order valence-electron chi connectivity index (χ2n) is 10.7. The molecule has 2 aromatic heterocycles. The summed E-state index contributed by atoms with van der Waals surface area (Å²) in [6, 6.07) is 8.79. The van der Waals surface area contributed by atoms with Gasteiger partial charge in [0.2, 0.25) is 4.96 Å². The molecule has 8 heteroatoms. The van der Waals surface area contributed by atoms with Crippen molar-refractivity contribution in [1.29, 1.82) is 0 Å². The number of nitrogens with zero attached hydrogens (tertiary/aromatic N) is 4. The van der Waals surface area contributed by atoms with E-state index < -0.39 is 0 Å². The van der Waals surface area contributed by atoms with Crippen LogP contribution in [0.25, 0.3) is 16.2 Å². The van der Waals surface area contributed by atoms with Crippen LogP contribution in [0.5, 0.6) is 0 Å². The molecule has 192 valence electrons. The third kappa shape index (κ3) is 5.02. The second kappa shape index (κ2) is 10.5. The third-order valence-electron chi connectivity index (χ3n) is 8.43. The van der Waals surface area contributed by atoms with Crippen molar-refractivity contribution in [3.8, 4) is 11.3 Å². The average molecular weight is 509 g/mol. The van der Waals surface area contributed by atoms with E-state index in [1.54, 1.807) is 11.3 Å². The Morgan fingerprint density at radius 3 is 2.42 bits per heavy atom. The van der Waals surface area contributed by atoms with Crippen LogP contribution in [-0.4, -0.2) is 53.5 Å². The van der Waals surface area contributed by atoms with Crippen LogP contribution in [0.2, 0.25) is 0 Å². The molecule has 36 heavy (non-hydrogen) atoms. The first kappa shape index (κ1) is 23.9. The molecule has 0 spiro atoms. The van der Waals surface area contributed by atoms with Crippen molar-refractivity contribution in [2.75, 3.05) is 31.7 Å². The molecule has 7 nitrogen and oxygen atoms in total. The summed E-state index contributed by atoms with van der Waals surface area (Å²) in [6.45, 7) is 3.08. The summed E-state index contributed by atoms with van der Waals surface area (Å²) in [6.07, 6.45) is 12.5. The molecule has 1 aliphatic heterocycles. The minimum atomic E-state index is -0.0734. The molecule has 3 aromatic rings. The smallest absolute Gasteiger partial charge is 0.308 e. The van der Waals surface area contributed by atoms with Gasteiger partial charge in [-0.2, -0.15) is 5.10 Å². The van der Waals surface area contributed by atoms with Gasteiger partial charge in [0.05, 0.1) is 31.0 Å². The lowest BCUT2D eigenvalue weighted by atomic mass is 9.82. The Morgan fingerprint density at radius 1 is 1.03 bits per heavy atom. The number of imidazole rings is 1. The molecule has 0 amide bonds. The van der Waals surface area contributed by atoms with E-state index in [1.807, 2.05) is 10.7 Å². The van der Waals surface area contributed by atoms with Crippen LogP contribution in [0, 0.1) is 11.8 Å². The lowest BCUT2D eigenvalue weighted by molar-refractivity contribution is -0.146. The highest BCUT2D eigenvalue weighted by molar-refractivity contribution is 7.16. The number of benzene rings is 1. The zero-order valence-corrected chi connectivity index (χ0v) is 21.9. The first-order valence-electron chi connectivity index (χ1n) is 13.6. The van der Waals surface area contributed by atoms with E-state index in [0.29, 0.717) is 12.0 Å². The van der Waals surface area contributed by atoms with Crippen molar-refractivity contribution in [3.05, 3.63) is 35.5 Å². The number of hydrogen-bond acceptors (Lipinski definition) is 7. The van der Waals surface area contributed by atoms with Gasteiger partial charge >= 0.3 is 5.97 Å². The van der Waals surface area contributed by atoms with Crippen molar-refractivity contribution in [2.45, 2.75) is 69.8 Å². The van der Waals surface area contributed by atoms with E-state index >= 15 is 0 Å². The Labute approximate surface area is 216 Å². The number of anilines is 1. The molecule has 0 atom stereocenters. The number of aromatic nitrogens is 3. The van der Waals surface area contributed by atoms with Crippen molar-refractivity contribution in [1.82, 2.24) is 14.6 Å². The predicted molar refractivity (Wildman–Crippen MR) is 142 cm³/mol. The summed E-state index contributed by atoms with van der Waals surface area (Å²) in [7, 11) is 1.48. The lowest BCUT2D eigenvalue weighted by Crippen LogP contribution is -2.37. The predicted octanol–water partition coefficient (Wildman–Crippen LogP) is 5.69. The number of methoxy groups -OCH3 is 1. The molecule has 0 bridgehead atoms. The zero-order valence-electron chi connectivity index (χ0n) is 21.1. The largest absolute Gasteiger partial charge is 0.469 e. The van der Waals surface area contributed by atoms with Crippen LogP contribution in [0.15, 0.2) is 30.5 Å². The summed E-state index contributed by atoms with van der Waals surface area (Å²) >= 11 is 1.68. The van der Waals surface area contributed by atoms with Crippen LogP contribution in [-0.2, 0) is 14.3 Å². The average Bonchev–Trinajstić information content (AvgIpc) is 3.48. The summed E-state index contributed by atoms with van der Waals surface area (Å²) < 4.78 is 13.0. The SMILES string of the molecule is COC(=O)[C@H]1CC[C@H](c2nn3cc(-c4ccc(N5CCC(OCC6CCC6)CC5)cc4)nc3s2)CC1. The van der Waals surface area contributed by atoms with Gasteiger partial charge in [0.15, 0.2) is 0 Å². The van der Waals surface area contributed by atoms with Crippen molar-refractivity contribution in [3.63, 3.8) is 0 Å². The lowest BCUT2D eigenvalue weighted by Gasteiger charge is -2.35. The van der Waals surface area contributed by atoms with Gasteiger partial charge in [-0.3, -0.25) is 4.79 Å². The van der Waals surface area contributed by atoms with E-state index in [1.165, 1.54) is 32.1 Å². The van der Waals surface area contributed by atoms with Gasteiger partial charge in [-0.25, -0.2) is 9.50 Å². The van der Waals surface area contributed by atoms with E-state index in [4.69, 9.17) is 19.6 Å². The van der Waals surface area contributed by atoms with E-state index in [-0.39, 0.29) is 11.9 Å². The molecule has 1 aromatic carbocycles. The Morgan fingerprint density at radius 2 is 1.78 bits per heavy atom. The standard InChI is InChI=1S/C28H36N4O3S/c1-34-27(33)22-7-5-21(6-8-22)26-30-32-17-25(29-28(32)36-26)20-9-11-23(12-10-20)31-15-13-24(14-16-31)35-18-19-3-2-4-19/h9-12,17,19,21-22,24H,2-8,13-16,18H2,1H3/t21-,22-.